The number of nitrogens with one attached hydrogen (secondary N) is 2. The molecule has 2 amide bonds. The minimum Gasteiger partial charge on any atom is -0.325 e. The van der Waals surface area contributed by atoms with Gasteiger partial charge in [0.2, 0.25) is 11.8 Å². The molecule has 0 aliphatic carbocycles. The predicted octanol–water partition coefficient (Wildman–Crippen LogP) is 4.10. The number of thioether (sulfide) groups is 1. The third kappa shape index (κ3) is 5.24. The van der Waals surface area contributed by atoms with Crippen molar-refractivity contribution in [2.75, 3.05) is 11.1 Å². The van der Waals surface area contributed by atoms with E-state index in [-0.39, 0.29) is 35.7 Å². The van der Waals surface area contributed by atoms with E-state index in [1.54, 1.807) is 0 Å². The van der Waals surface area contributed by atoms with Crippen molar-refractivity contribution in [3.63, 3.8) is 0 Å². The van der Waals surface area contributed by atoms with Crippen LogP contribution in [-0.4, -0.2) is 17.6 Å². The number of anilines is 1. The molecular weight excluding hydrogens is 389 g/mol. The number of benzene rings is 2. The third-order valence-electron chi connectivity index (χ3n) is 4.62. The Morgan fingerprint density at radius 3 is 2.55 bits per heavy atom. The largest absolute Gasteiger partial charge is 0.325 e. The van der Waals surface area contributed by atoms with Gasteiger partial charge in [-0.2, -0.15) is 5.26 Å². The van der Waals surface area contributed by atoms with Gasteiger partial charge in [-0.15, -0.1) is 0 Å². The molecule has 0 spiro atoms. The second-order valence-electron chi connectivity index (χ2n) is 6.60. The van der Waals surface area contributed by atoms with Gasteiger partial charge in [0, 0.05) is 18.0 Å². The summed E-state index contributed by atoms with van der Waals surface area (Å²) in [5, 5.41) is 15.5. The fourth-order valence-electron chi connectivity index (χ4n) is 3.07. The Kier molecular flexibility index (Phi) is 6.68. The lowest BCUT2D eigenvalue weighted by Gasteiger charge is -2.25. The molecule has 7 heteroatoms. The molecule has 0 saturated heterocycles. The van der Waals surface area contributed by atoms with Gasteiger partial charge < -0.3 is 10.6 Å². The van der Waals surface area contributed by atoms with E-state index in [0.717, 1.165) is 23.7 Å². The van der Waals surface area contributed by atoms with Crippen LogP contribution >= 0.6 is 11.8 Å². The van der Waals surface area contributed by atoms with Crippen molar-refractivity contribution in [2.24, 2.45) is 0 Å². The average Bonchev–Trinajstić information content (AvgIpc) is 2.73. The van der Waals surface area contributed by atoms with Crippen LogP contribution in [0.2, 0.25) is 0 Å². The van der Waals surface area contributed by atoms with Crippen LogP contribution in [0.4, 0.5) is 10.1 Å². The number of aryl methyl sites for hydroxylation is 1. The molecule has 0 saturated carbocycles. The van der Waals surface area contributed by atoms with Crippen LogP contribution in [0.5, 0.6) is 0 Å². The molecule has 0 radical (unpaired) electrons. The Labute approximate surface area is 173 Å². The average molecular weight is 409 g/mol. The highest BCUT2D eigenvalue weighted by Gasteiger charge is 2.29. The van der Waals surface area contributed by atoms with Gasteiger partial charge in [-0.25, -0.2) is 4.39 Å². The van der Waals surface area contributed by atoms with Gasteiger partial charge in [0.25, 0.3) is 0 Å². The smallest absolute Gasteiger partial charge is 0.234 e. The molecule has 1 heterocycles. The molecule has 1 aliphatic heterocycles. The monoisotopic (exact) mass is 409 g/mol. The lowest BCUT2D eigenvalue weighted by molar-refractivity contribution is -0.121. The second-order valence-corrected chi connectivity index (χ2v) is 7.58. The van der Waals surface area contributed by atoms with Crippen molar-refractivity contribution in [1.82, 2.24) is 5.32 Å². The van der Waals surface area contributed by atoms with Gasteiger partial charge >= 0.3 is 0 Å². The molecule has 5 nitrogen and oxygen atoms in total. The number of hydrogen-bond acceptors (Lipinski definition) is 4. The second kappa shape index (κ2) is 9.39. The summed E-state index contributed by atoms with van der Waals surface area (Å²) in [6, 6.07) is 15.6. The van der Waals surface area contributed by atoms with Crippen LogP contribution < -0.4 is 10.6 Å². The first kappa shape index (κ1) is 20.6. The Morgan fingerprint density at radius 2 is 1.93 bits per heavy atom. The van der Waals surface area contributed by atoms with E-state index in [9.17, 15) is 19.2 Å². The molecule has 2 aromatic carbocycles. The van der Waals surface area contributed by atoms with Crippen molar-refractivity contribution in [1.29, 1.82) is 5.26 Å². The van der Waals surface area contributed by atoms with Gasteiger partial charge in [-0.3, -0.25) is 9.59 Å². The highest BCUT2D eigenvalue weighted by Crippen LogP contribution is 2.36. The minimum absolute atomic E-state index is 0.0136. The fourth-order valence-corrected chi connectivity index (χ4v) is 3.95. The zero-order valence-electron chi connectivity index (χ0n) is 15.9. The molecule has 2 aromatic rings. The summed E-state index contributed by atoms with van der Waals surface area (Å²) in [5.74, 6) is -1.20. The normalized spacial score (nSPS) is 16.2. The summed E-state index contributed by atoms with van der Waals surface area (Å²) in [6.45, 7) is 2.06. The molecule has 0 bridgehead atoms. The topological polar surface area (TPSA) is 82.0 Å². The predicted molar refractivity (Wildman–Crippen MR) is 111 cm³/mol. The summed E-state index contributed by atoms with van der Waals surface area (Å²) in [7, 11) is 0. The first-order chi connectivity index (χ1) is 14.0. The van der Waals surface area contributed by atoms with Crippen LogP contribution in [0.15, 0.2) is 59.1 Å². The highest BCUT2D eigenvalue weighted by atomic mass is 32.2. The molecule has 3 rings (SSSR count). The summed E-state index contributed by atoms with van der Waals surface area (Å²) >= 11 is 1.11. The number of amides is 2. The van der Waals surface area contributed by atoms with E-state index in [1.807, 2.05) is 24.3 Å². The Balaban J connectivity index is 1.73. The van der Waals surface area contributed by atoms with Crippen LogP contribution in [0, 0.1) is 17.1 Å². The van der Waals surface area contributed by atoms with Gasteiger partial charge in [0.05, 0.1) is 22.4 Å². The highest BCUT2D eigenvalue weighted by molar-refractivity contribution is 8.03. The number of nitriles is 1. The number of rotatable bonds is 6. The summed E-state index contributed by atoms with van der Waals surface area (Å²) < 4.78 is 13.0. The summed E-state index contributed by atoms with van der Waals surface area (Å²) in [5.41, 5.74) is 3.02. The van der Waals surface area contributed by atoms with Crippen LogP contribution in [0.1, 0.15) is 30.4 Å². The molecule has 29 heavy (non-hydrogen) atoms. The number of hydrogen-bond donors (Lipinski definition) is 2. The van der Waals surface area contributed by atoms with Gasteiger partial charge in [0.1, 0.15) is 5.82 Å². The molecule has 0 aromatic heterocycles. The minimum atomic E-state index is -0.385. The first-order valence-corrected chi connectivity index (χ1v) is 10.2. The van der Waals surface area contributed by atoms with E-state index in [2.05, 4.69) is 23.6 Å². The first-order valence-electron chi connectivity index (χ1n) is 9.21. The van der Waals surface area contributed by atoms with Crippen molar-refractivity contribution < 1.29 is 14.0 Å². The van der Waals surface area contributed by atoms with Crippen LogP contribution in [-0.2, 0) is 16.0 Å². The molecule has 1 unspecified atom stereocenters. The molecule has 1 atom stereocenters. The molecule has 148 valence electrons. The summed E-state index contributed by atoms with van der Waals surface area (Å²) in [6.07, 6.45) is 1.11. The maximum Gasteiger partial charge on any atom is 0.234 e. The quantitative estimate of drug-likeness (QED) is 0.753. The van der Waals surface area contributed by atoms with Gasteiger partial charge in [-0.05, 0) is 41.8 Å². The van der Waals surface area contributed by atoms with E-state index < -0.39 is 0 Å². The fraction of sp³-hybridized carbons (Fsp3) is 0.227. The SMILES string of the molecule is CCc1ccc(C2CC(=O)NC(SCC(=O)Nc3ccc(F)cc3)=C2C#N)cc1. The van der Waals surface area contributed by atoms with Crippen LogP contribution in [0.25, 0.3) is 0 Å². The van der Waals surface area contributed by atoms with Crippen molar-refractivity contribution in [2.45, 2.75) is 25.7 Å². The Morgan fingerprint density at radius 1 is 1.24 bits per heavy atom. The Hall–Kier alpha value is -3.11. The number of allylic oxidation sites excluding steroid dienone is 1. The molecular formula is C22H20FN3O2S. The van der Waals surface area contributed by atoms with E-state index in [4.69, 9.17) is 0 Å². The number of carbonyl (C=O) groups is 2. The molecule has 2 N–H and O–H groups in total. The lowest BCUT2D eigenvalue weighted by atomic mass is 9.86. The maximum absolute atomic E-state index is 13.0. The lowest BCUT2D eigenvalue weighted by Crippen LogP contribution is -2.31. The molecule has 0 fully saturated rings. The number of nitrogens with zero attached hydrogens (tertiary/aromatic N) is 1. The Bertz CT molecular complexity index is 979. The van der Waals surface area contributed by atoms with E-state index in [1.165, 1.54) is 29.8 Å². The standard InChI is InChI=1S/C22H20FN3O2S/c1-2-14-3-5-15(6-4-14)18-11-20(27)26-22(19(18)12-24)29-13-21(28)25-17-9-7-16(23)8-10-17/h3-10,18H,2,11,13H2,1H3,(H,25,28)(H,26,27). The number of carbonyl (C=O) groups excluding carboxylic acids is 2. The van der Waals surface area contributed by atoms with Gasteiger partial charge in [-0.1, -0.05) is 43.0 Å². The maximum atomic E-state index is 13.0. The van der Waals surface area contributed by atoms with Crippen molar-refractivity contribution >= 4 is 29.3 Å². The van der Waals surface area contributed by atoms with E-state index in [0.29, 0.717) is 16.3 Å². The zero-order chi connectivity index (χ0) is 20.8. The van der Waals surface area contributed by atoms with Crippen molar-refractivity contribution in [3.8, 4) is 6.07 Å². The molecule has 1 aliphatic rings. The number of halogens is 1. The van der Waals surface area contributed by atoms with Gasteiger partial charge in [0.15, 0.2) is 0 Å². The van der Waals surface area contributed by atoms with Crippen LogP contribution in [0.3, 0.4) is 0 Å². The summed E-state index contributed by atoms with van der Waals surface area (Å²) in [4.78, 5) is 24.4. The van der Waals surface area contributed by atoms with E-state index >= 15 is 0 Å². The van der Waals surface area contributed by atoms with Crippen molar-refractivity contribution in [3.05, 3.63) is 76.1 Å². The third-order valence-corrected chi connectivity index (χ3v) is 5.64. The zero-order valence-corrected chi connectivity index (χ0v) is 16.7.